The predicted octanol–water partition coefficient (Wildman–Crippen LogP) is 3.13. The number of aromatic carboxylic acids is 1. The second kappa shape index (κ2) is 5.81. The molecule has 3 N–H and O–H groups in total. The summed E-state index contributed by atoms with van der Waals surface area (Å²) >= 11 is 0. The molecule has 29 heavy (non-hydrogen) atoms. The molecule has 3 fully saturated rings. The lowest BCUT2D eigenvalue weighted by Crippen LogP contribution is -2.45. The van der Waals surface area contributed by atoms with E-state index in [1.807, 2.05) is 18.4 Å². The molecule has 0 bridgehead atoms. The van der Waals surface area contributed by atoms with Gasteiger partial charge in [-0.05, 0) is 57.1 Å². The molecule has 1 aliphatic heterocycles. The van der Waals surface area contributed by atoms with Crippen LogP contribution in [0, 0.1) is 17.2 Å². The maximum atomic E-state index is 15.2. The third kappa shape index (κ3) is 2.86. The van der Waals surface area contributed by atoms with Crippen LogP contribution in [0.3, 0.4) is 0 Å². The number of nitrogens with two attached hydrogens (primary N) is 1. The van der Waals surface area contributed by atoms with Crippen molar-refractivity contribution in [3.05, 3.63) is 39.9 Å². The highest BCUT2D eigenvalue weighted by molar-refractivity contribution is 5.93. The minimum Gasteiger partial charge on any atom is -0.477 e. The van der Waals surface area contributed by atoms with Crippen molar-refractivity contribution in [2.24, 2.45) is 17.1 Å². The average Bonchev–Trinajstić information content (AvgIpc) is 3.53. The summed E-state index contributed by atoms with van der Waals surface area (Å²) in [4.78, 5) is 26.2. The maximum Gasteiger partial charge on any atom is 0.341 e. The zero-order valence-corrected chi connectivity index (χ0v) is 16.7. The molecule has 1 atom stereocenters. The Bertz CT molecular complexity index is 1090. The zero-order valence-electron chi connectivity index (χ0n) is 16.7. The first-order chi connectivity index (χ1) is 13.6. The van der Waals surface area contributed by atoms with Crippen molar-refractivity contribution in [3.63, 3.8) is 0 Å². The van der Waals surface area contributed by atoms with E-state index in [0.29, 0.717) is 17.7 Å². The largest absolute Gasteiger partial charge is 0.477 e. The molecule has 1 aromatic heterocycles. The van der Waals surface area contributed by atoms with Crippen LogP contribution in [0.2, 0.25) is 0 Å². The SMILES string of the molecule is CC(C)(N)C1CN(c2cc3c(cc2F)c(=O)c(C(=O)O)cn3C2CC2)CC12CC2. The number of carboxylic acids is 1. The second-order valence-corrected chi connectivity index (χ2v) is 9.75. The van der Waals surface area contributed by atoms with Gasteiger partial charge in [-0.25, -0.2) is 9.18 Å². The first-order valence-electron chi connectivity index (χ1n) is 10.3. The molecule has 2 saturated carbocycles. The summed E-state index contributed by atoms with van der Waals surface area (Å²) in [5.74, 6) is -1.48. The van der Waals surface area contributed by atoms with Crippen molar-refractivity contribution in [1.29, 1.82) is 0 Å². The number of carbonyl (C=O) groups is 1. The van der Waals surface area contributed by atoms with Gasteiger partial charge in [-0.3, -0.25) is 4.79 Å². The van der Waals surface area contributed by atoms with Gasteiger partial charge in [0.1, 0.15) is 11.4 Å². The van der Waals surface area contributed by atoms with E-state index in [1.54, 1.807) is 6.07 Å². The number of fused-ring (bicyclic) bond motifs is 1. The molecule has 1 saturated heterocycles. The number of anilines is 1. The third-order valence-electron chi connectivity index (χ3n) is 7.05. The Morgan fingerprint density at radius 2 is 2.00 bits per heavy atom. The Morgan fingerprint density at radius 1 is 1.31 bits per heavy atom. The molecule has 6 nitrogen and oxygen atoms in total. The van der Waals surface area contributed by atoms with E-state index in [0.717, 1.165) is 32.2 Å². The summed E-state index contributed by atoms with van der Waals surface area (Å²) in [7, 11) is 0. The van der Waals surface area contributed by atoms with E-state index in [9.17, 15) is 14.7 Å². The van der Waals surface area contributed by atoms with E-state index in [-0.39, 0.29) is 33.9 Å². The highest BCUT2D eigenvalue weighted by atomic mass is 19.1. The summed E-state index contributed by atoms with van der Waals surface area (Å²) in [6, 6.07) is 3.12. The molecule has 154 valence electrons. The smallest absolute Gasteiger partial charge is 0.341 e. The van der Waals surface area contributed by atoms with Crippen molar-refractivity contribution >= 4 is 22.6 Å². The van der Waals surface area contributed by atoms with Gasteiger partial charge in [0.05, 0.1) is 11.2 Å². The average molecular weight is 399 g/mol. The van der Waals surface area contributed by atoms with Crippen LogP contribution in [-0.4, -0.2) is 34.3 Å². The normalized spacial score (nSPS) is 23.2. The number of halogens is 1. The highest BCUT2D eigenvalue weighted by Gasteiger charge is 2.58. The monoisotopic (exact) mass is 399 g/mol. The number of carboxylic acid groups (broad SMARTS) is 1. The number of nitrogens with zero attached hydrogens (tertiary/aromatic N) is 2. The van der Waals surface area contributed by atoms with E-state index < -0.39 is 17.2 Å². The van der Waals surface area contributed by atoms with Crippen LogP contribution in [0.1, 0.15) is 55.9 Å². The molecule has 3 aliphatic rings. The number of aromatic nitrogens is 1. The Labute approximate surface area is 168 Å². The maximum absolute atomic E-state index is 15.2. The van der Waals surface area contributed by atoms with Crippen LogP contribution < -0.4 is 16.1 Å². The summed E-state index contributed by atoms with van der Waals surface area (Å²) in [6.45, 7) is 5.53. The molecule has 2 heterocycles. The van der Waals surface area contributed by atoms with Crippen molar-refractivity contribution in [1.82, 2.24) is 4.57 Å². The number of hydrogen-bond acceptors (Lipinski definition) is 4. The molecular weight excluding hydrogens is 373 g/mol. The molecule has 1 unspecified atom stereocenters. The van der Waals surface area contributed by atoms with Gasteiger partial charge in [-0.15, -0.1) is 0 Å². The van der Waals surface area contributed by atoms with Crippen LogP contribution in [0.15, 0.2) is 23.1 Å². The predicted molar refractivity (Wildman–Crippen MR) is 109 cm³/mol. The van der Waals surface area contributed by atoms with Crippen molar-refractivity contribution in [2.75, 3.05) is 18.0 Å². The fraction of sp³-hybridized carbons (Fsp3) is 0.545. The van der Waals surface area contributed by atoms with Crippen LogP contribution in [0.5, 0.6) is 0 Å². The van der Waals surface area contributed by atoms with E-state index in [4.69, 9.17) is 5.73 Å². The number of hydrogen-bond donors (Lipinski definition) is 2. The van der Waals surface area contributed by atoms with Crippen LogP contribution >= 0.6 is 0 Å². The third-order valence-corrected chi connectivity index (χ3v) is 7.05. The lowest BCUT2D eigenvalue weighted by molar-refractivity contribution is 0.0695. The van der Waals surface area contributed by atoms with Crippen molar-refractivity contribution < 1.29 is 14.3 Å². The van der Waals surface area contributed by atoms with E-state index >= 15 is 4.39 Å². The summed E-state index contributed by atoms with van der Waals surface area (Å²) in [5.41, 5.74) is 6.41. The number of pyridine rings is 1. The van der Waals surface area contributed by atoms with E-state index in [2.05, 4.69) is 4.90 Å². The number of benzene rings is 1. The summed E-state index contributed by atoms with van der Waals surface area (Å²) < 4.78 is 17.0. The molecule has 2 aromatic rings. The Kier molecular flexibility index (Phi) is 3.73. The van der Waals surface area contributed by atoms with Crippen LogP contribution in [0.4, 0.5) is 10.1 Å². The van der Waals surface area contributed by atoms with Crippen LogP contribution in [-0.2, 0) is 0 Å². The lowest BCUT2D eigenvalue weighted by Gasteiger charge is -2.31. The molecule has 0 radical (unpaired) electrons. The summed E-state index contributed by atoms with van der Waals surface area (Å²) in [6.07, 6.45) is 5.50. The van der Waals surface area contributed by atoms with Gasteiger partial charge in [-0.1, -0.05) is 0 Å². The van der Waals surface area contributed by atoms with Crippen LogP contribution in [0.25, 0.3) is 10.9 Å². The first-order valence-corrected chi connectivity index (χ1v) is 10.3. The standard InChI is InChI=1S/C22H26FN3O3/c1-21(2,24)18-10-25(11-22(18)5-6-22)17-8-16-13(7-15(17)23)19(27)14(20(28)29)9-26(16)12-3-4-12/h7-9,12,18H,3-6,10-11,24H2,1-2H3,(H,28,29). The minimum atomic E-state index is -1.28. The quantitative estimate of drug-likeness (QED) is 0.825. The van der Waals surface area contributed by atoms with Gasteiger partial charge < -0.3 is 20.3 Å². The van der Waals surface area contributed by atoms with Crippen molar-refractivity contribution in [3.8, 4) is 0 Å². The Balaban J connectivity index is 1.64. The molecule has 1 spiro atoms. The van der Waals surface area contributed by atoms with Gasteiger partial charge in [-0.2, -0.15) is 0 Å². The van der Waals surface area contributed by atoms with Gasteiger partial charge in [0.2, 0.25) is 5.43 Å². The first kappa shape index (κ1) is 18.6. The fourth-order valence-corrected chi connectivity index (χ4v) is 5.25. The van der Waals surface area contributed by atoms with Crippen molar-refractivity contribution in [2.45, 2.75) is 51.1 Å². The topological polar surface area (TPSA) is 88.6 Å². The lowest BCUT2D eigenvalue weighted by atomic mass is 9.78. The molecular formula is C22H26FN3O3. The minimum absolute atomic E-state index is 0.133. The molecule has 0 amide bonds. The fourth-order valence-electron chi connectivity index (χ4n) is 5.25. The Hall–Kier alpha value is -2.41. The van der Waals surface area contributed by atoms with Gasteiger partial charge >= 0.3 is 5.97 Å². The molecule has 7 heteroatoms. The molecule has 2 aliphatic carbocycles. The van der Waals surface area contributed by atoms with Gasteiger partial charge in [0.15, 0.2) is 0 Å². The van der Waals surface area contributed by atoms with Gasteiger partial charge in [0, 0.05) is 42.2 Å². The summed E-state index contributed by atoms with van der Waals surface area (Å²) in [5, 5.41) is 9.52. The molecule has 5 rings (SSSR count). The molecule has 1 aromatic carbocycles. The van der Waals surface area contributed by atoms with E-state index in [1.165, 1.54) is 12.3 Å². The zero-order chi connectivity index (χ0) is 20.7. The second-order valence-electron chi connectivity index (χ2n) is 9.75. The number of rotatable bonds is 4. The van der Waals surface area contributed by atoms with Gasteiger partial charge in [0.25, 0.3) is 0 Å². The highest BCUT2D eigenvalue weighted by Crippen LogP contribution is 2.59. The Morgan fingerprint density at radius 3 is 2.52 bits per heavy atom.